The van der Waals surface area contributed by atoms with E-state index < -0.39 is 0 Å². The van der Waals surface area contributed by atoms with E-state index in [0.29, 0.717) is 40.6 Å². The van der Waals surface area contributed by atoms with Crippen molar-refractivity contribution in [3.63, 3.8) is 0 Å². The van der Waals surface area contributed by atoms with Gasteiger partial charge in [0.1, 0.15) is 11.0 Å². The summed E-state index contributed by atoms with van der Waals surface area (Å²) in [4.78, 5) is 28.1. The van der Waals surface area contributed by atoms with Gasteiger partial charge in [0.05, 0.1) is 0 Å². The molecule has 34 heavy (non-hydrogen) atoms. The Morgan fingerprint density at radius 1 is 1.12 bits per heavy atom. The van der Waals surface area contributed by atoms with Crippen molar-refractivity contribution in [3.05, 3.63) is 76.7 Å². The van der Waals surface area contributed by atoms with Gasteiger partial charge in [-0.3, -0.25) is 9.78 Å². The number of nitrogens with one attached hydrogen (secondary N) is 1. The van der Waals surface area contributed by atoms with Crippen LogP contribution in [0.5, 0.6) is 0 Å². The van der Waals surface area contributed by atoms with Gasteiger partial charge >= 0.3 is 0 Å². The van der Waals surface area contributed by atoms with Crippen LogP contribution in [0, 0.1) is 0 Å². The third kappa shape index (κ3) is 6.93. The van der Waals surface area contributed by atoms with Gasteiger partial charge in [0, 0.05) is 55.3 Å². The molecule has 0 radical (unpaired) electrons. The Labute approximate surface area is 210 Å². The first-order chi connectivity index (χ1) is 16.6. The molecule has 0 unspecified atom stereocenters. The van der Waals surface area contributed by atoms with Crippen LogP contribution in [0.15, 0.2) is 59.9 Å². The molecule has 1 aromatic carbocycles. The lowest BCUT2D eigenvalue weighted by molar-refractivity contribution is 0.0954. The molecule has 1 aliphatic carbocycles. The molecule has 2 aromatic heterocycles. The lowest BCUT2D eigenvalue weighted by atomic mass is 9.94. The van der Waals surface area contributed by atoms with Crippen LogP contribution in [0.1, 0.15) is 53.7 Å². The number of carbonyl (C=O) groups is 1. The number of hydrogen-bond donors (Lipinski definition) is 1. The molecule has 1 fully saturated rings. The van der Waals surface area contributed by atoms with Gasteiger partial charge in [-0.05, 0) is 42.7 Å². The molecule has 1 aliphatic rings. The summed E-state index contributed by atoms with van der Waals surface area (Å²) in [6.45, 7) is 0.553. The van der Waals surface area contributed by atoms with Crippen molar-refractivity contribution in [1.29, 1.82) is 0 Å². The average molecular weight is 496 g/mol. The summed E-state index contributed by atoms with van der Waals surface area (Å²) in [5, 5.41) is 4.08. The maximum absolute atomic E-state index is 12.4. The first-order valence-corrected chi connectivity index (χ1v) is 13.1. The zero-order chi connectivity index (χ0) is 23.8. The normalized spacial score (nSPS) is 14.1. The molecular weight excluding hydrogens is 466 g/mol. The Morgan fingerprint density at radius 3 is 2.65 bits per heavy atom. The average Bonchev–Trinajstić information content (AvgIpc) is 2.88. The van der Waals surface area contributed by atoms with E-state index in [2.05, 4.69) is 27.2 Å². The molecular formula is C26H30ClN5OS. The maximum atomic E-state index is 12.4. The highest BCUT2D eigenvalue weighted by atomic mass is 35.5. The fraction of sp³-hybridized carbons (Fsp3) is 0.385. The van der Waals surface area contributed by atoms with Crippen LogP contribution in [0.25, 0.3) is 0 Å². The Balaban J connectivity index is 1.29. The third-order valence-corrected chi connectivity index (χ3v) is 7.23. The van der Waals surface area contributed by atoms with Gasteiger partial charge < -0.3 is 10.2 Å². The zero-order valence-corrected chi connectivity index (χ0v) is 21.0. The largest absolute Gasteiger partial charge is 0.357 e. The first kappa shape index (κ1) is 24.5. The van der Waals surface area contributed by atoms with Crippen molar-refractivity contribution < 1.29 is 4.79 Å². The summed E-state index contributed by atoms with van der Waals surface area (Å²) in [5.74, 6) is 1.50. The fourth-order valence-electron chi connectivity index (χ4n) is 4.14. The highest BCUT2D eigenvalue weighted by Gasteiger charge is 2.20. The molecule has 4 rings (SSSR count). The van der Waals surface area contributed by atoms with Crippen molar-refractivity contribution in [3.8, 4) is 0 Å². The SMILES string of the molecule is CN(c1cc(Cl)nc(SCc2ccc(C(=O)NCCc3ccccn3)cc2)n1)C1CCCCC1. The van der Waals surface area contributed by atoms with E-state index >= 15 is 0 Å². The van der Waals surface area contributed by atoms with Crippen molar-refractivity contribution in [1.82, 2.24) is 20.3 Å². The predicted molar refractivity (Wildman–Crippen MR) is 139 cm³/mol. The quantitative estimate of drug-likeness (QED) is 0.238. The Morgan fingerprint density at radius 2 is 1.91 bits per heavy atom. The van der Waals surface area contributed by atoms with Crippen molar-refractivity contribution in [2.75, 3.05) is 18.5 Å². The third-order valence-electron chi connectivity index (χ3n) is 6.12. The topological polar surface area (TPSA) is 71.0 Å². The second kappa shape index (κ2) is 12.2. The minimum Gasteiger partial charge on any atom is -0.357 e. The monoisotopic (exact) mass is 495 g/mol. The summed E-state index contributed by atoms with van der Waals surface area (Å²) in [5.41, 5.74) is 2.71. The van der Waals surface area contributed by atoms with Crippen LogP contribution in [-0.4, -0.2) is 40.5 Å². The predicted octanol–water partition coefficient (Wildman–Crippen LogP) is 5.56. The molecule has 178 valence electrons. The summed E-state index contributed by atoms with van der Waals surface area (Å²) in [7, 11) is 2.10. The Hall–Kier alpha value is -2.64. The van der Waals surface area contributed by atoms with Gasteiger partial charge in [0.2, 0.25) is 0 Å². The van der Waals surface area contributed by atoms with Crippen molar-refractivity contribution in [2.24, 2.45) is 0 Å². The molecule has 0 spiro atoms. The van der Waals surface area contributed by atoms with Gasteiger partial charge in [0.15, 0.2) is 5.16 Å². The van der Waals surface area contributed by atoms with Crippen LogP contribution in [0.2, 0.25) is 5.15 Å². The number of nitrogens with zero attached hydrogens (tertiary/aromatic N) is 4. The van der Waals surface area contributed by atoms with E-state index in [4.69, 9.17) is 16.6 Å². The van der Waals surface area contributed by atoms with Crippen LogP contribution >= 0.6 is 23.4 Å². The van der Waals surface area contributed by atoms with Crippen LogP contribution in [0.3, 0.4) is 0 Å². The molecule has 0 bridgehead atoms. The molecule has 0 atom stereocenters. The first-order valence-electron chi connectivity index (χ1n) is 11.8. The number of rotatable bonds is 9. The summed E-state index contributed by atoms with van der Waals surface area (Å²) >= 11 is 7.86. The maximum Gasteiger partial charge on any atom is 0.251 e. The van der Waals surface area contributed by atoms with Crippen LogP contribution in [-0.2, 0) is 12.2 Å². The minimum absolute atomic E-state index is 0.0799. The van der Waals surface area contributed by atoms with Gasteiger partial charge in [-0.2, -0.15) is 0 Å². The number of aromatic nitrogens is 3. The zero-order valence-electron chi connectivity index (χ0n) is 19.4. The smallest absolute Gasteiger partial charge is 0.251 e. The van der Waals surface area contributed by atoms with E-state index in [1.165, 1.54) is 32.1 Å². The molecule has 1 N–H and O–H groups in total. The number of pyridine rings is 1. The van der Waals surface area contributed by atoms with Gasteiger partial charge in [-0.25, -0.2) is 9.97 Å². The van der Waals surface area contributed by atoms with Crippen LogP contribution in [0.4, 0.5) is 5.82 Å². The molecule has 8 heteroatoms. The highest BCUT2D eigenvalue weighted by Crippen LogP contribution is 2.28. The molecule has 1 amide bonds. The number of carbonyl (C=O) groups excluding carboxylic acids is 1. The van der Waals surface area contributed by atoms with E-state index in [9.17, 15) is 4.79 Å². The molecule has 3 aromatic rings. The lowest BCUT2D eigenvalue weighted by Gasteiger charge is -2.32. The molecule has 6 nitrogen and oxygen atoms in total. The standard InChI is InChI=1S/C26H30ClN5OS/c1-32(22-8-3-2-4-9-22)24-17-23(27)30-26(31-24)34-18-19-10-12-20(13-11-19)25(33)29-16-14-21-7-5-6-15-28-21/h5-7,10-13,15,17,22H,2-4,8-9,14,16,18H2,1H3,(H,29,33). The number of halogens is 1. The summed E-state index contributed by atoms with van der Waals surface area (Å²) in [6.07, 6.45) is 8.73. The molecule has 0 aliphatic heterocycles. The second-order valence-corrected chi connectivity index (χ2v) is 9.88. The van der Waals surface area contributed by atoms with E-state index in [0.717, 1.165) is 17.1 Å². The second-order valence-electron chi connectivity index (χ2n) is 8.55. The van der Waals surface area contributed by atoms with Crippen molar-refractivity contribution in [2.45, 2.75) is 55.5 Å². The highest BCUT2D eigenvalue weighted by molar-refractivity contribution is 7.98. The number of benzene rings is 1. The van der Waals surface area contributed by atoms with E-state index in [1.807, 2.05) is 48.5 Å². The number of thioether (sulfide) groups is 1. The summed E-state index contributed by atoms with van der Waals surface area (Å²) in [6, 6.07) is 15.8. The van der Waals surface area contributed by atoms with Crippen LogP contribution < -0.4 is 10.2 Å². The molecule has 2 heterocycles. The number of amides is 1. The van der Waals surface area contributed by atoms with Gasteiger partial charge in [-0.1, -0.05) is 60.8 Å². The molecule has 0 saturated heterocycles. The minimum atomic E-state index is -0.0799. The van der Waals surface area contributed by atoms with Crippen molar-refractivity contribution >= 4 is 35.1 Å². The van der Waals surface area contributed by atoms with E-state index in [-0.39, 0.29) is 5.91 Å². The van der Waals surface area contributed by atoms with E-state index in [1.54, 1.807) is 18.0 Å². The summed E-state index contributed by atoms with van der Waals surface area (Å²) < 4.78 is 0. The number of anilines is 1. The number of hydrogen-bond acceptors (Lipinski definition) is 6. The fourth-order valence-corrected chi connectivity index (χ4v) is 5.18. The van der Waals surface area contributed by atoms with Gasteiger partial charge in [-0.15, -0.1) is 0 Å². The Bertz CT molecular complexity index is 1070. The lowest BCUT2D eigenvalue weighted by Crippen LogP contribution is -2.34. The van der Waals surface area contributed by atoms with Gasteiger partial charge in [0.25, 0.3) is 5.91 Å². The Kier molecular flexibility index (Phi) is 8.77. The molecule has 1 saturated carbocycles.